The van der Waals surface area contributed by atoms with Gasteiger partial charge in [0.05, 0.1) is 5.92 Å². The molecule has 0 saturated carbocycles. The highest BCUT2D eigenvalue weighted by Gasteiger charge is 2.26. The third-order valence-corrected chi connectivity index (χ3v) is 3.31. The van der Waals surface area contributed by atoms with Gasteiger partial charge >= 0.3 is 0 Å². The molecule has 98 valence electrons. The maximum Gasteiger partial charge on any atom is 0.227 e. The molecule has 1 rings (SSSR count). The Labute approximate surface area is 103 Å². The van der Waals surface area contributed by atoms with E-state index in [2.05, 4.69) is 6.92 Å². The normalized spacial score (nSPS) is 18.1. The summed E-state index contributed by atoms with van der Waals surface area (Å²) in [5, 5.41) is 0. The summed E-state index contributed by atoms with van der Waals surface area (Å²) >= 11 is 0. The van der Waals surface area contributed by atoms with Crippen molar-refractivity contribution in [2.75, 3.05) is 32.7 Å². The Morgan fingerprint density at radius 1 is 1.18 bits per heavy atom. The minimum absolute atomic E-state index is 0.0520. The van der Waals surface area contributed by atoms with Gasteiger partial charge in [-0.15, -0.1) is 0 Å². The van der Waals surface area contributed by atoms with Crippen molar-refractivity contribution in [2.45, 2.75) is 26.7 Å². The second-order valence-corrected chi connectivity index (χ2v) is 4.55. The minimum atomic E-state index is -0.0520. The quantitative estimate of drug-likeness (QED) is 0.756. The first-order valence-electron chi connectivity index (χ1n) is 6.34. The van der Waals surface area contributed by atoms with Crippen molar-refractivity contribution in [1.29, 1.82) is 0 Å². The number of hydrogen-bond acceptors (Lipinski definition) is 3. The zero-order valence-corrected chi connectivity index (χ0v) is 10.8. The van der Waals surface area contributed by atoms with E-state index >= 15 is 0 Å². The van der Waals surface area contributed by atoms with E-state index in [4.69, 9.17) is 5.73 Å². The van der Waals surface area contributed by atoms with E-state index in [0.717, 1.165) is 12.8 Å². The summed E-state index contributed by atoms with van der Waals surface area (Å²) in [7, 11) is 0. The van der Waals surface area contributed by atoms with Crippen molar-refractivity contribution in [3.05, 3.63) is 0 Å². The number of nitrogens with two attached hydrogens (primary N) is 1. The van der Waals surface area contributed by atoms with Crippen molar-refractivity contribution in [3.63, 3.8) is 0 Å². The first kappa shape index (κ1) is 14.0. The minimum Gasteiger partial charge on any atom is -0.339 e. The lowest BCUT2D eigenvalue weighted by Gasteiger charge is -2.35. The number of carbonyl (C=O) groups excluding carboxylic acids is 2. The van der Waals surface area contributed by atoms with Gasteiger partial charge in [-0.3, -0.25) is 9.59 Å². The Bertz CT molecular complexity index is 273. The van der Waals surface area contributed by atoms with Gasteiger partial charge in [0, 0.05) is 39.6 Å². The highest BCUT2D eigenvalue weighted by molar-refractivity contribution is 5.79. The molecule has 0 bridgehead atoms. The van der Waals surface area contributed by atoms with Gasteiger partial charge < -0.3 is 15.5 Å². The van der Waals surface area contributed by atoms with Gasteiger partial charge in [-0.25, -0.2) is 0 Å². The average molecular weight is 241 g/mol. The Kier molecular flexibility index (Phi) is 5.41. The zero-order chi connectivity index (χ0) is 12.8. The maximum atomic E-state index is 12.1. The van der Waals surface area contributed by atoms with Gasteiger partial charge in [0.25, 0.3) is 0 Å². The van der Waals surface area contributed by atoms with Crippen molar-refractivity contribution in [2.24, 2.45) is 11.7 Å². The van der Waals surface area contributed by atoms with Gasteiger partial charge in [0.15, 0.2) is 0 Å². The molecule has 5 nitrogen and oxygen atoms in total. The molecule has 1 saturated heterocycles. The topological polar surface area (TPSA) is 66.6 Å². The summed E-state index contributed by atoms with van der Waals surface area (Å²) in [4.78, 5) is 26.9. The van der Waals surface area contributed by atoms with E-state index in [-0.39, 0.29) is 17.7 Å². The summed E-state index contributed by atoms with van der Waals surface area (Å²) in [6, 6.07) is 0. The fourth-order valence-corrected chi connectivity index (χ4v) is 2.19. The van der Waals surface area contributed by atoms with Crippen LogP contribution in [0.5, 0.6) is 0 Å². The molecule has 5 heteroatoms. The molecule has 0 radical (unpaired) electrons. The molecule has 17 heavy (non-hydrogen) atoms. The Morgan fingerprint density at radius 2 is 1.71 bits per heavy atom. The van der Waals surface area contributed by atoms with E-state index in [1.807, 2.05) is 4.90 Å². The lowest BCUT2D eigenvalue weighted by Crippen LogP contribution is -2.52. The number of carbonyl (C=O) groups is 2. The van der Waals surface area contributed by atoms with Gasteiger partial charge in [-0.2, -0.15) is 0 Å². The number of piperazine rings is 1. The van der Waals surface area contributed by atoms with Crippen LogP contribution >= 0.6 is 0 Å². The molecule has 0 aromatic rings. The fourth-order valence-electron chi connectivity index (χ4n) is 2.19. The van der Waals surface area contributed by atoms with Crippen LogP contribution in [-0.2, 0) is 9.59 Å². The molecule has 0 aliphatic carbocycles. The molecule has 0 aromatic heterocycles. The molecule has 0 spiro atoms. The van der Waals surface area contributed by atoms with Crippen LogP contribution in [0.25, 0.3) is 0 Å². The third-order valence-electron chi connectivity index (χ3n) is 3.31. The molecule has 0 aromatic carbocycles. The largest absolute Gasteiger partial charge is 0.339 e. The molecule has 1 heterocycles. The molecule has 1 atom stereocenters. The average Bonchev–Trinajstić information content (AvgIpc) is 2.35. The summed E-state index contributed by atoms with van der Waals surface area (Å²) in [5.74, 6) is 0.183. The van der Waals surface area contributed by atoms with E-state index in [1.165, 1.54) is 0 Å². The molecular formula is C12H23N3O2. The number of rotatable bonds is 4. The first-order chi connectivity index (χ1) is 8.10. The van der Waals surface area contributed by atoms with Crippen LogP contribution in [0.3, 0.4) is 0 Å². The lowest BCUT2D eigenvalue weighted by molar-refractivity contribution is -0.141. The standard InChI is InChI=1S/C12H23N3O2/c1-3-4-11(9-13)12(17)15-7-5-14(6-8-15)10(2)16/h11H,3-9,13H2,1-2H3. The number of amides is 2. The van der Waals surface area contributed by atoms with E-state index in [1.54, 1.807) is 11.8 Å². The first-order valence-corrected chi connectivity index (χ1v) is 6.34. The summed E-state index contributed by atoms with van der Waals surface area (Å²) in [6.45, 7) is 6.60. The highest BCUT2D eigenvalue weighted by atomic mass is 16.2. The fraction of sp³-hybridized carbons (Fsp3) is 0.833. The number of hydrogen-bond donors (Lipinski definition) is 1. The van der Waals surface area contributed by atoms with Crippen molar-refractivity contribution in [1.82, 2.24) is 9.80 Å². The molecule has 1 fully saturated rings. The van der Waals surface area contributed by atoms with E-state index in [9.17, 15) is 9.59 Å². The van der Waals surface area contributed by atoms with Crippen LogP contribution < -0.4 is 5.73 Å². The van der Waals surface area contributed by atoms with E-state index < -0.39 is 0 Å². The SMILES string of the molecule is CCCC(CN)C(=O)N1CCN(C(C)=O)CC1. The summed E-state index contributed by atoms with van der Waals surface area (Å²) in [6.07, 6.45) is 1.82. The van der Waals surface area contributed by atoms with Crippen LogP contribution in [0.2, 0.25) is 0 Å². The van der Waals surface area contributed by atoms with Crippen LogP contribution in [-0.4, -0.2) is 54.3 Å². The van der Waals surface area contributed by atoms with Crippen molar-refractivity contribution < 1.29 is 9.59 Å². The van der Waals surface area contributed by atoms with Crippen LogP contribution in [0.1, 0.15) is 26.7 Å². The lowest BCUT2D eigenvalue weighted by atomic mass is 10.0. The van der Waals surface area contributed by atoms with Crippen LogP contribution in [0.15, 0.2) is 0 Å². The summed E-state index contributed by atoms with van der Waals surface area (Å²) < 4.78 is 0. The van der Waals surface area contributed by atoms with Crippen molar-refractivity contribution in [3.8, 4) is 0 Å². The second-order valence-electron chi connectivity index (χ2n) is 4.55. The van der Waals surface area contributed by atoms with Gasteiger partial charge in [0.1, 0.15) is 0 Å². The molecule has 2 amide bonds. The molecular weight excluding hydrogens is 218 g/mol. The second kappa shape index (κ2) is 6.59. The van der Waals surface area contributed by atoms with E-state index in [0.29, 0.717) is 32.7 Å². The Hall–Kier alpha value is -1.10. The Morgan fingerprint density at radius 3 is 2.12 bits per heavy atom. The highest BCUT2D eigenvalue weighted by Crippen LogP contribution is 2.11. The monoisotopic (exact) mass is 241 g/mol. The van der Waals surface area contributed by atoms with Gasteiger partial charge in [-0.1, -0.05) is 13.3 Å². The summed E-state index contributed by atoms with van der Waals surface area (Å²) in [5.41, 5.74) is 5.63. The maximum absolute atomic E-state index is 12.1. The molecule has 2 N–H and O–H groups in total. The molecule has 1 aliphatic rings. The van der Waals surface area contributed by atoms with Crippen molar-refractivity contribution >= 4 is 11.8 Å². The van der Waals surface area contributed by atoms with Gasteiger partial charge in [0.2, 0.25) is 11.8 Å². The third kappa shape index (κ3) is 3.70. The predicted molar refractivity (Wildman–Crippen MR) is 66.3 cm³/mol. The molecule has 1 unspecified atom stereocenters. The Balaban J connectivity index is 2.47. The van der Waals surface area contributed by atoms with Gasteiger partial charge in [-0.05, 0) is 6.42 Å². The van der Waals surface area contributed by atoms with Crippen LogP contribution in [0.4, 0.5) is 0 Å². The predicted octanol–water partition coefficient (Wildman–Crippen LogP) is 0.0521. The number of nitrogens with zero attached hydrogens (tertiary/aromatic N) is 2. The molecule has 1 aliphatic heterocycles. The zero-order valence-electron chi connectivity index (χ0n) is 10.8. The smallest absolute Gasteiger partial charge is 0.227 e. The van der Waals surface area contributed by atoms with Crippen LogP contribution in [0, 0.1) is 5.92 Å².